The monoisotopic (exact) mass is 335 g/mol. The normalized spacial score (nSPS) is 22.9. The Labute approximate surface area is 144 Å². The second kappa shape index (κ2) is 7.76. The fraction of sp³-hybridized carbons (Fsp3) is 0.778. The smallest absolute Gasteiger partial charge is 0.156 e. The number of aromatic nitrogens is 2. The molecule has 6 heteroatoms. The molecule has 3 rings (SSSR count). The highest BCUT2D eigenvalue weighted by Gasteiger charge is 2.31. The molecule has 24 heavy (non-hydrogen) atoms. The van der Waals surface area contributed by atoms with Crippen LogP contribution in [0.4, 0.5) is 5.82 Å². The molecule has 1 unspecified atom stereocenters. The van der Waals surface area contributed by atoms with Crippen molar-refractivity contribution in [2.24, 2.45) is 0 Å². The summed E-state index contributed by atoms with van der Waals surface area (Å²) in [6.07, 6.45) is 5.91. The molecule has 1 atom stereocenters. The summed E-state index contributed by atoms with van der Waals surface area (Å²) in [5.41, 5.74) is 0.551. The molecule has 0 amide bonds. The summed E-state index contributed by atoms with van der Waals surface area (Å²) in [5, 5.41) is 10.6. The first-order valence-corrected chi connectivity index (χ1v) is 8.98. The number of aliphatic hydroxyl groups is 1. The van der Waals surface area contributed by atoms with Gasteiger partial charge < -0.3 is 19.5 Å². The molecule has 1 aromatic heterocycles. The highest BCUT2D eigenvalue weighted by Crippen LogP contribution is 2.33. The summed E-state index contributed by atoms with van der Waals surface area (Å²) in [5.74, 6) is 1.96. The molecule has 1 aliphatic heterocycles. The van der Waals surface area contributed by atoms with Gasteiger partial charge in [0.1, 0.15) is 12.4 Å². The van der Waals surface area contributed by atoms with E-state index in [-0.39, 0.29) is 0 Å². The molecule has 1 aromatic rings. The lowest BCUT2D eigenvalue weighted by molar-refractivity contribution is 0.0410. The van der Waals surface area contributed by atoms with Gasteiger partial charge in [-0.2, -0.15) is 0 Å². The Morgan fingerprint density at radius 3 is 2.83 bits per heavy atom. The molecule has 0 radical (unpaired) electrons. The number of hydrogen-bond acceptors (Lipinski definition) is 6. The molecule has 1 N–H and O–H groups in total. The Morgan fingerprint density at radius 1 is 1.38 bits per heavy atom. The minimum atomic E-state index is -0.487. The van der Waals surface area contributed by atoms with Gasteiger partial charge in [0.2, 0.25) is 0 Å². The van der Waals surface area contributed by atoms with Gasteiger partial charge in [-0.15, -0.1) is 0 Å². The van der Waals surface area contributed by atoms with E-state index in [0.29, 0.717) is 18.3 Å². The van der Waals surface area contributed by atoms with Gasteiger partial charge >= 0.3 is 0 Å². The van der Waals surface area contributed by atoms with Crippen molar-refractivity contribution in [3.05, 3.63) is 17.6 Å². The van der Waals surface area contributed by atoms with E-state index < -0.39 is 5.60 Å². The SMILES string of the molecule is COCc1nc(C2CCOC2)cc(N(C)CCC2(O)CCCC2)n1. The van der Waals surface area contributed by atoms with Crippen molar-refractivity contribution < 1.29 is 14.6 Å². The van der Waals surface area contributed by atoms with Gasteiger partial charge in [-0.25, -0.2) is 9.97 Å². The van der Waals surface area contributed by atoms with E-state index in [9.17, 15) is 5.11 Å². The molecular formula is C18H29N3O3. The predicted octanol–water partition coefficient (Wildman–Crippen LogP) is 2.26. The Hall–Kier alpha value is -1.24. The third-order valence-electron chi connectivity index (χ3n) is 5.24. The van der Waals surface area contributed by atoms with Gasteiger partial charge in [0.15, 0.2) is 5.82 Å². The van der Waals surface area contributed by atoms with Crippen molar-refractivity contribution in [3.8, 4) is 0 Å². The first-order chi connectivity index (χ1) is 11.6. The summed E-state index contributed by atoms with van der Waals surface area (Å²) < 4.78 is 10.7. The molecule has 0 aromatic carbocycles. The van der Waals surface area contributed by atoms with E-state index in [1.807, 2.05) is 7.05 Å². The topological polar surface area (TPSA) is 67.7 Å². The lowest BCUT2D eigenvalue weighted by Crippen LogP contribution is -2.31. The zero-order chi connectivity index (χ0) is 17.0. The third kappa shape index (κ3) is 4.23. The van der Waals surface area contributed by atoms with Gasteiger partial charge in [-0.05, 0) is 25.7 Å². The summed E-state index contributed by atoms with van der Waals surface area (Å²) in [6.45, 7) is 2.73. The van der Waals surface area contributed by atoms with Crippen molar-refractivity contribution in [2.45, 2.75) is 56.7 Å². The third-order valence-corrected chi connectivity index (χ3v) is 5.24. The van der Waals surface area contributed by atoms with Gasteiger partial charge in [-0.3, -0.25) is 0 Å². The van der Waals surface area contributed by atoms with E-state index in [1.54, 1.807) is 7.11 Å². The first-order valence-electron chi connectivity index (χ1n) is 8.98. The first kappa shape index (κ1) is 17.6. The molecule has 2 heterocycles. The van der Waals surface area contributed by atoms with Crippen LogP contribution in [0.3, 0.4) is 0 Å². The van der Waals surface area contributed by atoms with Crippen LogP contribution >= 0.6 is 0 Å². The lowest BCUT2D eigenvalue weighted by Gasteiger charge is -2.27. The van der Waals surface area contributed by atoms with Gasteiger partial charge in [-0.1, -0.05) is 12.8 Å². The highest BCUT2D eigenvalue weighted by molar-refractivity contribution is 5.40. The number of methoxy groups -OCH3 is 1. The number of nitrogens with zero attached hydrogens (tertiary/aromatic N) is 3. The van der Waals surface area contributed by atoms with E-state index >= 15 is 0 Å². The average molecular weight is 335 g/mol. The molecule has 0 bridgehead atoms. The van der Waals surface area contributed by atoms with Crippen molar-refractivity contribution in [1.82, 2.24) is 9.97 Å². The number of hydrogen-bond donors (Lipinski definition) is 1. The van der Waals surface area contributed by atoms with E-state index in [4.69, 9.17) is 9.47 Å². The summed E-state index contributed by atoms with van der Waals surface area (Å²) >= 11 is 0. The van der Waals surface area contributed by atoms with Crippen LogP contribution in [0.15, 0.2) is 6.07 Å². The Kier molecular flexibility index (Phi) is 5.69. The van der Waals surface area contributed by atoms with Gasteiger partial charge in [0, 0.05) is 39.3 Å². The standard InChI is InChI=1S/C18H29N3O3/c1-21(9-8-18(22)6-3-4-7-18)17-11-15(14-5-10-24-12-14)19-16(20-17)13-23-2/h11,14,22H,3-10,12-13H2,1-2H3. The molecule has 134 valence electrons. The molecule has 6 nitrogen and oxygen atoms in total. The zero-order valence-corrected chi connectivity index (χ0v) is 14.8. The van der Waals surface area contributed by atoms with Crippen molar-refractivity contribution in [2.75, 3.05) is 38.8 Å². The van der Waals surface area contributed by atoms with Gasteiger partial charge in [0.25, 0.3) is 0 Å². The summed E-state index contributed by atoms with van der Waals surface area (Å²) in [6, 6.07) is 2.07. The Bertz CT molecular complexity index is 540. The number of anilines is 1. The number of ether oxygens (including phenoxy) is 2. The molecular weight excluding hydrogens is 306 g/mol. The second-order valence-electron chi connectivity index (χ2n) is 7.16. The fourth-order valence-electron chi connectivity index (χ4n) is 3.64. The molecule has 2 aliphatic rings. The summed E-state index contributed by atoms with van der Waals surface area (Å²) in [7, 11) is 3.69. The minimum Gasteiger partial charge on any atom is -0.390 e. The molecule has 0 spiro atoms. The van der Waals surface area contributed by atoms with Crippen molar-refractivity contribution in [1.29, 1.82) is 0 Å². The predicted molar refractivity (Wildman–Crippen MR) is 92.2 cm³/mol. The van der Waals surface area contributed by atoms with Crippen LogP contribution in [-0.2, 0) is 16.1 Å². The minimum absolute atomic E-state index is 0.342. The van der Waals surface area contributed by atoms with Crippen LogP contribution in [0.25, 0.3) is 0 Å². The maximum absolute atomic E-state index is 10.6. The molecule has 2 fully saturated rings. The molecule has 1 saturated heterocycles. The van der Waals surface area contributed by atoms with E-state index in [0.717, 1.165) is 69.8 Å². The van der Waals surface area contributed by atoms with Crippen molar-refractivity contribution in [3.63, 3.8) is 0 Å². The summed E-state index contributed by atoms with van der Waals surface area (Å²) in [4.78, 5) is 11.4. The van der Waals surface area contributed by atoms with Crippen LogP contribution in [-0.4, -0.2) is 54.6 Å². The lowest BCUT2D eigenvalue weighted by atomic mass is 9.98. The van der Waals surface area contributed by atoms with E-state index in [1.165, 1.54) is 0 Å². The van der Waals surface area contributed by atoms with Crippen LogP contribution in [0, 0.1) is 0 Å². The van der Waals surface area contributed by atoms with E-state index in [2.05, 4.69) is 20.9 Å². The molecule has 1 aliphatic carbocycles. The Morgan fingerprint density at radius 2 is 2.17 bits per heavy atom. The maximum Gasteiger partial charge on any atom is 0.156 e. The Balaban J connectivity index is 1.72. The van der Waals surface area contributed by atoms with Crippen LogP contribution in [0.5, 0.6) is 0 Å². The highest BCUT2D eigenvalue weighted by atomic mass is 16.5. The average Bonchev–Trinajstić information content (AvgIpc) is 3.25. The van der Waals surface area contributed by atoms with Crippen LogP contribution in [0.2, 0.25) is 0 Å². The fourth-order valence-corrected chi connectivity index (χ4v) is 3.64. The second-order valence-corrected chi connectivity index (χ2v) is 7.16. The van der Waals surface area contributed by atoms with Crippen LogP contribution in [0.1, 0.15) is 56.0 Å². The quantitative estimate of drug-likeness (QED) is 0.824. The largest absolute Gasteiger partial charge is 0.390 e. The number of rotatable bonds is 7. The van der Waals surface area contributed by atoms with Gasteiger partial charge in [0.05, 0.1) is 17.9 Å². The van der Waals surface area contributed by atoms with Crippen LogP contribution < -0.4 is 4.90 Å². The molecule has 1 saturated carbocycles. The zero-order valence-electron chi connectivity index (χ0n) is 14.8. The van der Waals surface area contributed by atoms with Crippen molar-refractivity contribution >= 4 is 5.82 Å². The maximum atomic E-state index is 10.6.